The van der Waals surface area contributed by atoms with E-state index in [1.807, 2.05) is 51.1 Å². The molecule has 0 aliphatic rings. The Hall–Kier alpha value is -2.09. The lowest BCUT2D eigenvalue weighted by Gasteiger charge is -2.26. The quantitative estimate of drug-likeness (QED) is 0.616. The monoisotopic (exact) mass is 438 g/mol. The summed E-state index contributed by atoms with van der Waals surface area (Å²) >= 11 is 6.15. The van der Waals surface area contributed by atoms with Gasteiger partial charge >= 0.3 is 0 Å². The lowest BCUT2D eigenvalue weighted by atomic mass is 10.1. The number of rotatable bonds is 10. The summed E-state index contributed by atoms with van der Waals surface area (Å²) < 4.78 is 33.9. The fraction of sp³-hybridized carbons (Fsp3) is 0.381. The highest BCUT2D eigenvalue weighted by atomic mass is 35.5. The molecule has 2 rings (SSSR count). The second-order valence-electron chi connectivity index (χ2n) is 6.40. The average Bonchev–Trinajstić information content (AvgIpc) is 2.70. The second kappa shape index (κ2) is 10.6. The maximum Gasteiger partial charge on any atom is 0.241 e. The van der Waals surface area contributed by atoms with Gasteiger partial charge in [0, 0.05) is 13.1 Å². The highest BCUT2D eigenvalue weighted by Gasteiger charge is 2.29. The molecule has 8 heteroatoms. The Labute approximate surface area is 177 Å². The number of carbonyl (C=O) groups is 1. The van der Waals surface area contributed by atoms with Crippen LogP contribution in [0.2, 0.25) is 5.02 Å². The van der Waals surface area contributed by atoms with E-state index < -0.39 is 16.1 Å². The molecule has 0 unspecified atom stereocenters. The molecule has 0 spiro atoms. The third-order valence-electron chi connectivity index (χ3n) is 4.47. The normalized spacial score (nSPS) is 12.4. The van der Waals surface area contributed by atoms with Crippen LogP contribution < -0.4 is 9.46 Å². The Bertz CT molecular complexity index is 916. The van der Waals surface area contributed by atoms with Gasteiger partial charge in [0.1, 0.15) is 11.8 Å². The maximum absolute atomic E-state index is 13.0. The highest BCUT2D eigenvalue weighted by molar-refractivity contribution is 7.89. The molecule has 6 nitrogen and oxygen atoms in total. The summed E-state index contributed by atoms with van der Waals surface area (Å²) in [6.07, 6.45) is 0.250. The van der Waals surface area contributed by atoms with Gasteiger partial charge in [-0.3, -0.25) is 4.79 Å². The fourth-order valence-electron chi connectivity index (χ4n) is 2.96. The Balaban J connectivity index is 2.33. The summed E-state index contributed by atoms with van der Waals surface area (Å²) in [6, 6.07) is 12.7. The van der Waals surface area contributed by atoms with Crippen LogP contribution in [0.25, 0.3) is 0 Å². The van der Waals surface area contributed by atoms with Gasteiger partial charge in [-0.15, -0.1) is 0 Å². The first-order valence-corrected chi connectivity index (χ1v) is 11.5. The second-order valence-corrected chi connectivity index (χ2v) is 8.52. The molecule has 0 aromatic heterocycles. The van der Waals surface area contributed by atoms with Gasteiger partial charge in [-0.1, -0.05) is 41.9 Å². The molecule has 1 amide bonds. The van der Waals surface area contributed by atoms with Crippen molar-refractivity contribution < 1.29 is 17.9 Å². The minimum atomic E-state index is -3.97. The number of carbonyl (C=O) groups excluding carboxylic acids is 1. The average molecular weight is 439 g/mol. The van der Waals surface area contributed by atoms with Crippen LogP contribution in [0.3, 0.4) is 0 Å². The number of benzene rings is 2. The van der Waals surface area contributed by atoms with Crippen LogP contribution >= 0.6 is 11.6 Å². The molecular weight excluding hydrogens is 412 g/mol. The highest BCUT2D eigenvalue weighted by Crippen LogP contribution is 2.27. The summed E-state index contributed by atoms with van der Waals surface area (Å²) in [4.78, 5) is 14.6. The number of hydrogen-bond acceptors (Lipinski definition) is 4. The number of ether oxygens (including phenoxy) is 1. The Morgan fingerprint density at radius 1 is 1.10 bits per heavy atom. The molecule has 1 atom stereocenters. The zero-order valence-corrected chi connectivity index (χ0v) is 18.5. The van der Waals surface area contributed by atoms with Crippen LogP contribution in [0.5, 0.6) is 5.75 Å². The van der Waals surface area contributed by atoms with E-state index in [-0.39, 0.29) is 22.2 Å². The van der Waals surface area contributed by atoms with Crippen LogP contribution in [0, 0.1) is 0 Å². The number of hydrogen-bond donors (Lipinski definition) is 1. The summed E-state index contributed by atoms with van der Waals surface area (Å²) in [7, 11) is -3.97. The molecule has 1 N–H and O–H groups in total. The first-order chi connectivity index (χ1) is 13.8. The van der Waals surface area contributed by atoms with Crippen molar-refractivity contribution in [3.8, 4) is 5.75 Å². The maximum atomic E-state index is 13.0. The van der Waals surface area contributed by atoms with Gasteiger partial charge in [0.2, 0.25) is 15.9 Å². The van der Waals surface area contributed by atoms with Crippen molar-refractivity contribution in [2.75, 3.05) is 19.7 Å². The van der Waals surface area contributed by atoms with Crippen LogP contribution in [-0.2, 0) is 21.2 Å². The van der Waals surface area contributed by atoms with Crippen molar-refractivity contribution in [2.45, 2.75) is 38.1 Å². The smallest absolute Gasteiger partial charge is 0.241 e. The number of amides is 1. The summed E-state index contributed by atoms with van der Waals surface area (Å²) in [6.45, 7) is 6.95. The molecule has 0 radical (unpaired) electrons. The molecular formula is C21H27ClN2O4S. The zero-order chi connectivity index (χ0) is 21.4. The van der Waals surface area contributed by atoms with Gasteiger partial charge in [0.05, 0.1) is 16.5 Å². The van der Waals surface area contributed by atoms with E-state index in [4.69, 9.17) is 16.3 Å². The predicted molar refractivity (Wildman–Crippen MR) is 115 cm³/mol. The molecule has 0 aliphatic heterocycles. The number of likely N-dealkylation sites (N-methyl/N-ethyl adjacent to an activating group) is 1. The van der Waals surface area contributed by atoms with E-state index in [1.165, 1.54) is 18.2 Å². The van der Waals surface area contributed by atoms with Crippen molar-refractivity contribution in [3.63, 3.8) is 0 Å². The van der Waals surface area contributed by atoms with E-state index >= 15 is 0 Å². The van der Waals surface area contributed by atoms with Crippen LogP contribution in [0.1, 0.15) is 26.3 Å². The largest absolute Gasteiger partial charge is 0.492 e. The van der Waals surface area contributed by atoms with Crippen molar-refractivity contribution in [1.29, 1.82) is 0 Å². The van der Waals surface area contributed by atoms with Crippen molar-refractivity contribution in [2.24, 2.45) is 0 Å². The Morgan fingerprint density at radius 3 is 2.31 bits per heavy atom. The number of halogens is 1. The third-order valence-corrected chi connectivity index (χ3v) is 6.23. The van der Waals surface area contributed by atoms with Gasteiger partial charge in [-0.25, -0.2) is 8.42 Å². The van der Waals surface area contributed by atoms with Gasteiger partial charge in [0.15, 0.2) is 0 Å². The Kier molecular flexibility index (Phi) is 8.49. The molecule has 0 aliphatic carbocycles. The molecule has 2 aromatic carbocycles. The van der Waals surface area contributed by atoms with E-state index in [0.29, 0.717) is 25.4 Å². The standard InChI is InChI=1S/C21H27ClN2O4S/c1-4-24(5-2)21(25)19(14-16-10-8-7-9-11-16)23-29(26,27)17-12-13-20(28-6-3)18(22)15-17/h7-13,15,19,23H,4-6,14H2,1-3H3/t19-/m1/s1. The lowest BCUT2D eigenvalue weighted by Crippen LogP contribution is -2.49. The molecule has 29 heavy (non-hydrogen) atoms. The summed E-state index contributed by atoms with van der Waals surface area (Å²) in [5, 5.41) is 0.199. The van der Waals surface area contributed by atoms with E-state index in [2.05, 4.69) is 4.72 Å². The van der Waals surface area contributed by atoms with Gasteiger partial charge in [0.25, 0.3) is 0 Å². The Morgan fingerprint density at radius 2 is 1.76 bits per heavy atom. The first-order valence-electron chi connectivity index (χ1n) is 9.59. The molecule has 0 bridgehead atoms. The summed E-state index contributed by atoms with van der Waals surface area (Å²) in [5.41, 5.74) is 0.866. The van der Waals surface area contributed by atoms with Crippen LogP contribution in [0.15, 0.2) is 53.4 Å². The first kappa shape index (κ1) is 23.2. The lowest BCUT2D eigenvalue weighted by molar-refractivity contribution is -0.132. The molecule has 0 saturated carbocycles. The molecule has 0 heterocycles. The molecule has 158 valence electrons. The van der Waals surface area contributed by atoms with Gasteiger partial charge < -0.3 is 9.64 Å². The minimum absolute atomic E-state index is 0.0173. The molecule has 2 aromatic rings. The SMILES string of the molecule is CCOc1ccc(S(=O)(=O)N[C@H](Cc2ccccc2)C(=O)N(CC)CC)cc1Cl. The van der Waals surface area contributed by atoms with Gasteiger partial charge in [-0.2, -0.15) is 4.72 Å². The molecule has 0 saturated heterocycles. The van der Waals surface area contributed by atoms with Crippen molar-refractivity contribution in [3.05, 3.63) is 59.1 Å². The van der Waals surface area contributed by atoms with E-state index in [1.54, 1.807) is 4.90 Å². The van der Waals surface area contributed by atoms with E-state index in [0.717, 1.165) is 5.56 Å². The van der Waals surface area contributed by atoms with Crippen molar-refractivity contribution >= 4 is 27.5 Å². The molecule has 0 fully saturated rings. The van der Waals surface area contributed by atoms with E-state index in [9.17, 15) is 13.2 Å². The predicted octanol–water partition coefficient (Wildman–Crippen LogP) is 3.50. The topological polar surface area (TPSA) is 75.7 Å². The van der Waals surface area contributed by atoms with Crippen LogP contribution in [-0.4, -0.2) is 45.0 Å². The van der Waals surface area contributed by atoms with Crippen LogP contribution in [0.4, 0.5) is 0 Å². The minimum Gasteiger partial charge on any atom is -0.492 e. The van der Waals surface area contributed by atoms with Gasteiger partial charge in [-0.05, 0) is 51.0 Å². The zero-order valence-electron chi connectivity index (χ0n) is 16.9. The number of sulfonamides is 1. The van der Waals surface area contributed by atoms with Crippen molar-refractivity contribution in [1.82, 2.24) is 9.62 Å². The summed E-state index contributed by atoms with van der Waals surface area (Å²) in [5.74, 6) is 0.146. The fourth-order valence-corrected chi connectivity index (χ4v) is 4.48. The third kappa shape index (κ3) is 6.19. The number of nitrogens with zero attached hydrogens (tertiary/aromatic N) is 1. The number of nitrogens with one attached hydrogen (secondary N) is 1.